The van der Waals surface area contributed by atoms with Crippen LogP contribution in [0.5, 0.6) is 0 Å². The molecule has 608 valence electrons. The van der Waals surface area contributed by atoms with E-state index >= 15 is 0 Å². The lowest BCUT2D eigenvalue weighted by molar-refractivity contribution is -0.272. The number of rotatable bonds is 63. The fourth-order valence-electron chi connectivity index (χ4n) is 10.7. The number of amides is 6. The molecule has 104 heavy (non-hydrogen) atoms. The van der Waals surface area contributed by atoms with E-state index in [2.05, 4.69) is 38.8 Å². The number of aliphatic hydroxyl groups excluding tert-OH is 9. The third-order valence-corrected chi connectivity index (χ3v) is 16.7. The van der Waals surface area contributed by atoms with Gasteiger partial charge >= 0.3 is 0 Å². The highest BCUT2D eigenvalue weighted by atomic mass is 16.7. The minimum Gasteiger partial charge on any atom is -0.394 e. The second kappa shape index (κ2) is 58.8. The van der Waals surface area contributed by atoms with Crippen LogP contribution >= 0.6 is 0 Å². The van der Waals surface area contributed by atoms with E-state index in [4.69, 9.17) is 82.5 Å². The lowest BCUT2D eigenvalue weighted by Gasteiger charge is -2.42. The summed E-state index contributed by atoms with van der Waals surface area (Å²) in [4.78, 5) is 78.3. The fourth-order valence-corrected chi connectivity index (χ4v) is 10.7. The predicted molar refractivity (Wildman–Crippen MR) is 365 cm³/mol. The van der Waals surface area contributed by atoms with E-state index in [-0.39, 0.29) is 164 Å². The molecule has 0 bridgehead atoms. The zero-order valence-electron chi connectivity index (χ0n) is 60.6. The van der Waals surface area contributed by atoms with E-state index < -0.39 is 160 Å². The molecular weight excluding hydrogens is 1380 g/mol. The summed E-state index contributed by atoms with van der Waals surface area (Å²) in [7, 11) is 0. The van der Waals surface area contributed by atoms with Gasteiger partial charge in [0.25, 0.3) is 0 Å². The number of aliphatic hydroxyl groups is 9. The molecule has 0 saturated carbocycles. The van der Waals surface area contributed by atoms with E-state index in [1.807, 2.05) is 0 Å². The Hall–Kier alpha value is -4.22. The number of ether oxygens (including phenoxy) is 15. The molecular formula is C66H124N8O30. The number of carbonyl (C=O) groups excluding carboxylic acids is 6. The van der Waals surface area contributed by atoms with Gasteiger partial charge in [-0.2, -0.15) is 0 Å². The maximum atomic E-state index is 14.2. The topological polar surface area (TPSA) is 547 Å². The van der Waals surface area contributed by atoms with Gasteiger partial charge in [-0.15, -0.1) is 0 Å². The monoisotopic (exact) mass is 1510 g/mol. The quantitative estimate of drug-likeness (QED) is 0.0252. The largest absolute Gasteiger partial charge is 0.394 e. The molecule has 2 unspecified atom stereocenters. The number of hydrogen-bond donors (Lipinski definition) is 17. The Morgan fingerprint density at radius 3 is 1.11 bits per heavy atom. The van der Waals surface area contributed by atoms with Crippen LogP contribution in [0.4, 0.5) is 0 Å². The minimum absolute atomic E-state index is 0.00697. The van der Waals surface area contributed by atoms with Crippen LogP contribution in [-0.2, 0) is 99.8 Å². The minimum atomic E-state index is -1.44. The lowest BCUT2D eigenvalue weighted by Crippen LogP contribution is -2.64. The molecule has 0 aromatic heterocycles. The molecule has 38 heteroatoms. The van der Waals surface area contributed by atoms with Gasteiger partial charge in [0, 0.05) is 26.6 Å². The molecule has 3 rings (SSSR count). The Balaban J connectivity index is 1.45. The van der Waals surface area contributed by atoms with Crippen molar-refractivity contribution in [2.75, 3.05) is 178 Å². The first kappa shape index (κ1) is 94.0. The van der Waals surface area contributed by atoms with Crippen LogP contribution in [0.2, 0.25) is 0 Å². The van der Waals surface area contributed by atoms with Gasteiger partial charge in [-0.3, -0.25) is 28.8 Å². The van der Waals surface area contributed by atoms with Crippen LogP contribution in [0.15, 0.2) is 0 Å². The third-order valence-electron chi connectivity index (χ3n) is 16.7. The van der Waals surface area contributed by atoms with Gasteiger partial charge < -0.3 is 160 Å². The van der Waals surface area contributed by atoms with E-state index in [0.717, 1.165) is 38.5 Å². The molecule has 19 N–H and O–H groups in total. The number of unbranched alkanes of at least 4 members (excludes halogenated alkanes) is 9. The highest BCUT2D eigenvalue weighted by molar-refractivity contribution is 5.92. The van der Waals surface area contributed by atoms with Crippen LogP contribution in [0.3, 0.4) is 0 Å². The molecule has 0 radical (unpaired) electrons. The van der Waals surface area contributed by atoms with E-state index in [0.29, 0.717) is 32.2 Å². The predicted octanol–water partition coefficient (Wildman–Crippen LogP) is -6.54. The Kier molecular flexibility index (Phi) is 53.1. The van der Waals surface area contributed by atoms with Gasteiger partial charge in [0.05, 0.1) is 151 Å². The van der Waals surface area contributed by atoms with Gasteiger partial charge in [0.1, 0.15) is 92.9 Å². The summed E-state index contributed by atoms with van der Waals surface area (Å²) in [5.41, 5.74) is 11.8. The van der Waals surface area contributed by atoms with Gasteiger partial charge in [0.15, 0.2) is 18.9 Å². The summed E-state index contributed by atoms with van der Waals surface area (Å²) in [6.07, 6.45) is -4.33. The van der Waals surface area contributed by atoms with Crippen molar-refractivity contribution in [2.45, 2.75) is 208 Å². The fraction of sp³-hybridized carbons (Fsp3) is 0.909. The van der Waals surface area contributed by atoms with Crippen LogP contribution in [0.25, 0.3) is 0 Å². The maximum Gasteiger partial charge on any atom is 0.246 e. The first-order valence-electron chi connectivity index (χ1n) is 36.4. The zero-order chi connectivity index (χ0) is 76.1. The van der Waals surface area contributed by atoms with Gasteiger partial charge in [-0.05, 0) is 44.9 Å². The second-order valence-electron chi connectivity index (χ2n) is 25.1. The Morgan fingerprint density at radius 2 is 0.702 bits per heavy atom. The van der Waals surface area contributed by atoms with Crippen LogP contribution in [-0.4, -0.2) is 364 Å². The van der Waals surface area contributed by atoms with E-state index in [9.17, 15) is 74.7 Å². The summed E-state index contributed by atoms with van der Waals surface area (Å²) in [6, 6.07) is -5.26. The van der Waals surface area contributed by atoms with Gasteiger partial charge in [-0.1, -0.05) is 51.9 Å². The zero-order valence-corrected chi connectivity index (χ0v) is 60.6. The standard InChI is InChI=1S/C66H124N8O30/c1-3-4-5-6-7-8-9-12-19-71-62(88)45(15-10-13-17-69-50(79)41-96-29-26-90-20-23-93-32-35-99-64-53(67)59(85)56(82)47(38-75)102-64)74-63(89)46(73-52(81)43-98-31-28-92-21-24-94-33-36-100-65-54(68)60(86)57(83)48(39-76)103-65)16-11-14-18-70-51(80)42-97-30-27-91-22-25-95-34-37-101-66-55(72-44(2)78)61(87)58(84)49(40-77)104-66/h45-49,53-61,64-66,75-77,82-87H,3-43,67-68H2,1-2H3,(H,69,79)(H,70,80)(H,71,88)(H,72,78)(H,73,81)(H,74,89)/t45?,46?,47-,48-,49-,53-,54-,55-,56+,57+,58+,59-,60-,61-,64-,65-,66-/m1/s1. The van der Waals surface area contributed by atoms with Crippen molar-refractivity contribution in [3.8, 4) is 0 Å². The van der Waals surface area contributed by atoms with E-state index in [1.165, 1.54) is 19.8 Å². The van der Waals surface area contributed by atoms with Crippen molar-refractivity contribution in [1.82, 2.24) is 31.9 Å². The summed E-state index contributed by atoms with van der Waals surface area (Å²) < 4.78 is 82.5. The SMILES string of the molecule is CCCCCCCCCCNC(=O)C(CCCCNC(=O)COCCOCCOCCO[C@@H]1O[C@H](CO)[C@H](O)[C@H](O)[C@H]1N)NC(=O)C(CCCCNC(=O)COCCOCCOCCO[C@@H]1O[C@H](CO)[C@H](O)[C@H](O)[C@H]1NC(C)=O)NC(=O)COCCOCCOCCO[C@@H]1O[C@H](CO)[C@H](O)[C@H](O)[C@H]1N. The molecule has 3 heterocycles. The first-order valence-corrected chi connectivity index (χ1v) is 36.4. The van der Waals surface area contributed by atoms with Gasteiger partial charge in [0.2, 0.25) is 35.4 Å². The maximum absolute atomic E-state index is 14.2. The number of hydrogen-bond acceptors (Lipinski definition) is 32. The Bertz CT molecular complexity index is 2250. The van der Waals surface area contributed by atoms with Crippen molar-refractivity contribution in [2.24, 2.45) is 11.5 Å². The van der Waals surface area contributed by atoms with Crippen molar-refractivity contribution < 1.29 is 146 Å². The molecule has 6 amide bonds. The highest BCUT2D eigenvalue weighted by Gasteiger charge is 2.46. The van der Waals surface area contributed by atoms with Crippen LogP contribution in [0, 0.1) is 0 Å². The number of nitrogens with two attached hydrogens (primary N) is 2. The molecule has 3 saturated heterocycles. The average Bonchev–Trinajstić information content (AvgIpc) is 0.826. The van der Waals surface area contributed by atoms with Crippen molar-refractivity contribution in [1.29, 1.82) is 0 Å². The van der Waals surface area contributed by atoms with Crippen molar-refractivity contribution >= 4 is 35.4 Å². The summed E-state index contributed by atoms with van der Waals surface area (Å²) in [6.45, 7) is 3.92. The summed E-state index contributed by atoms with van der Waals surface area (Å²) >= 11 is 0. The Morgan fingerprint density at radius 1 is 0.375 bits per heavy atom. The van der Waals surface area contributed by atoms with Crippen LogP contribution < -0.4 is 43.4 Å². The average molecular weight is 1510 g/mol. The normalized spacial score (nSPS) is 25.4. The third kappa shape index (κ3) is 40.3. The van der Waals surface area contributed by atoms with Crippen LogP contribution in [0.1, 0.15) is 104 Å². The molecule has 0 aliphatic carbocycles. The molecule has 3 fully saturated rings. The molecule has 17 atom stereocenters. The Labute approximate surface area is 608 Å². The number of carbonyl (C=O) groups is 6. The summed E-state index contributed by atoms with van der Waals surface area (Å²) in [5, 5.41) is 106. The highest BCUT2D eigenvalue weighted by Crippen LogP contribution is 2.24. The van der Waals surface area contributed by atoms with Crippen molar-refractivity contribution in [3.63, 3.8) is 0 Å². The molecule has 3 aliphatic rings. The molecule has 0 aromatic carbocycles. The molecule has 3 aliphatic heterocycles. The smallest absolute Gasteiger partial charge is 0.246 e. The lowest BCUT2D eigenvalue weighted by atomic mass is 9.97. The summed E-state index contributed by atoms with van der Waals surface area (Å²) in [5.74, 6) is -2.88. The number of nitrogens with one attached hydrogen (secondary N) is 6. The van der Waals surface area contributed by atoms with Gasteiger partial charge in [-0.25, -0.2) is 0 Å². The van der Waals surface area contributed by atoms with E-state index in [1.54, 1.807) is 0 Å². The molecule has 0 spiro atoms. The van der Waals surface area contributed by atoms with Crippen molar-refractivity contribution in [3.05, 3.63) is 0 Å². The first-order chi connectivity index (χ1) is 50.3. The molecule has 38 nitrogen and oxygen atoms in total. The second-order valence-corrected chi connectivity index (χ2v) is 25.1. The molecule has 0 aromatic rings.